The second kappa shape index (κ2) is 11.1. The number of anilines is 1. The molecule has 0 aliphatic rings. The van der Waals surface area contributed by atoms with Crippen molar-refractivity contribution < 1.29 is 27.2 Å². The second-order valence-electron chi connectivity index (χ2n) is 7.04. The first-order valence-corrected chi connectivity index (χ1v) is 12.7. The molecule has 3 rings (SSSR count). The van der Waals surface area contributed by atoms with Gasteiger partial charge >= 0.3 is 5.97 Å². The standard InChI is InChI=1S/C23H22BrN3O6S/c1-3-32-23(29)17-6-4-16(5-7-17)21-13-12-20(33-21)14-25-26-22(28)15-27(34(2,30)31)19-10-8-18(24)9-11-19/h4-14H,3,15H2,1-2H3,(H,26,28)/b25-14+. The Morgan fingerprint density at radius 1 is 1.09 bits per heavy atom. The van der Waals surface area contributed by atoms with Gasteiger partial charge in [-0.1, -0.05) is 28.1 Å². The Bertz CT molecular complexity index is 1280. The lowest BCUT2D eigenvalue weighted by atomic mass is 10.1. The highest BCUT2D eigenvalue weighted by Crippen LogP contribution is 2.23. The highest BCUT2D eigenvalue weighted by molar-refractivity contribution is 9.10. The molecule has 0 atom stereocenters. The lowest BCUT2D eigenvalue weighted by Gasteiger charge is -2.21. The van der Waals surface area contributed by atoms with Crippen molar-refractivity contribution in [2.75, 3.05) is 23.7 Å². The third-order valence-corrected chi connectivity index (χ3v) is 6.16. The smallest absolute Gasteiger partial charge is 0.338 e. The highest BCUT2D eigenvalue weighted by atomic mass is 79.9. The van der Waals surface area contributed by atoms with Crippen LogP contribution in [0, 0.1) is 0 Å². The van der Waals surface area contributed by atoms with Crippen molar-refractivity contribution in [1.29, 1.82) is 0 Å². The van der Waals surface area contributed by atoms with Crippen molar-refractivity contribution in [2.45, 2.75) is 6.92 Å². The molecule has 178 valence electrons. The molecule has 0 fully saturated rings. The van der Waals surface area contributed by atoms with Crippen LogP contribution >= 0.6 is 15.9 Å². The van der Waals surface area contributed by atoms with Crippen molar-refractivity contribution in [1.82, 2.24) is 5.43 Å². The number of furan rings is 1. The van der Waals surface area contributed by atoms with Gasteiger partial charge in [-0.15, -0.1) is 0 Å². The van der Waals surface area contributed by atoms with Crippen LogP contribution in [0.5, 0.6) is 0 Å². The molecule has 0 bridgehead atoms. The average Bonchev–Trinajstić information content (AvgIpc) is 3.27. The fourth-order valence-corrected chi connectivity index (χ4v) is 4.02. The summed E-state index contributed by atoms with van der Waals surface area (Å²) in [7, 11) is -3.68. The molecule has 1 amide bonds. The zero-order chi connectivity index (χ0) is 24.7. The topological polar surface area (TPSA) is 118 Å². The first-order chi connectivity index (χ1) is 16.2. The van der Waals surface area contributed by atoms with Gasteiger partial charge in [-0.05, 0) is 55.5 Å². The minimum Gasteiger partial charge on any atom is -0.462 e. The number of halogens is 1. The number of esters is 1. The molecule has 1 N–H and O–H groups in total. The Kier molecular flexibility index (Phi) is 8.24. The third kappa shape index (κ3) is 6.78. The molecule has 1 aromatic heterocycles. The fraction of sp³-hybridized carbons (Fsp3) is 0.174. The molecule has 0 saturated carbocycles. The van der Waals surface area contributed by atoms with Gasteiger partial charge < -0.3 is 9.15 Å². The van der Waals surface area contributed by atoms with Gasteiger partial charge in [0.15, 0.2) is 0 Å². The van der Waals surface area contributed by atoms with Crippen LogP contribution in [0.3, 0.4) is 0 Å². The van der Waals surface area contributed by atoms with E-state index >= 15 is 0 Å². The van der Waals surface area contributed by atoms with Gasteiger partial charge in [0.2, 0.25) is 10.0 Å². The SMILES string of the molecule is CCOC(=O)c1ccc(-c2ccc(/C=N/NC(=O)CN(c3ccc(Br)cc3)S(C)(=O)=O)o2)cc1. The number of sulfonamides is 1. The first-order valence-electron chi connectivity index (χ1n) is 10.1. The first kappa shape index (κ1) is 25.2. The minimum absolute atomic E-state index is 0.300. The molecule has 1 heterocycles. The van der Waals surface area contributed by atoms with Crippen LogP contribution in [0.1, 0.15) is 23.0 Å². The van der Waals surface area contributed by atoms with Crippen LogP contribution in [0.15, 0.2) is 74.7 Å². The minimum atomic E-state index is -3.68. The van der Waals surface area contributed by atoms with E-state index in [0.29, 0.717) is 29.4 Å². The number of nitrogens with one attached hydrogen (secondary N) is 1. The lowest BCUT2D eigenvalue weighted by molar-refractivity contribution is -0.119. The Labute approximate surface area is 205 Å². The molecule has 0 aliphatic carbocycles. The summed E-state index contributed by atoms with van der Waals surface area (Å²) < 4.78 is 36.7. The van der Waals surface area contributed by atoms with Gasteiger partial charge in [-0.2, -0.15) is 5.10 Å². The van der Waals surface area contributed by atoms with Crippen molar-refractivity contribution in [2.24, 2.45) is 5.10 Å². The van der Waals surface area contributed by atoms with Crippen LogP contribution in [-0.2, 0) is 19.6 Å². The average molecular weight is 548 g/mol. The summed E-state index contributed by atoms with van der Waals surface area (Å²) in [5, 5.41) is 3.84. The quantitative estimate of drug-likeness (QED) is 0.247. The summed E-state index contributed by atoms with van der Waals surface area (Å²) in [5.41, 5.74) is 3.84. The number of ether oxygens (including phenoxy) is 1. The summed E-state index contributed by atoms with van der Waals surface area (Å²) >= 11 is 3.29. The van der Waals surface area contributed by atoms with E-state index < -0.39 is 28.4 Å². The Hall–Kier alpha value is -3.44. The molecule has 11 heteroatoms. The van der Waals surface area contributed by atoms with Gasteiger partial charge in [0.25, 0.3) is 5.91 Å². The molecule has 34 heavy (non-hydrogen) atoms. The van der Waals surface area contributed by atoms with Gasteiger partial charge in [0.05, 0.1) is 30.3 Å². The van der Waals surface area contributed by atoms with Crippen molar-refractivity contribution in [3.63, 3.8) is 0 Å². The molecule has 0 radical (unpaired) electrons. The van der Waals surface area contributed by atoms with Gasteiger partial charge in [-0.3, -0.25) is 9.10 Å². The molecular formula is C23H22BrN3O6S. The monoisotopic (exact) mass is 547 g/mol. The molecule has 0 unspecified atom stereocenters. The number of amides is 1. The predicted molar refractivity (Wildman–Crippen MR) is 132 cm³/mol. The predicted octanol–water partition coefficient (Wildman–Crippen LogP) is 3.80. The van der Waals surface area contributed by atoms with E-state index in [1.54, 1.807) is 67.6 Å². The Morgan fingerprint density at radius 3 is 2.38 bits per heavy atom. The maximum absolute atomic E-state index is 12.3. The maximum Gasteiger partial charge on any atom is 0.338 e. The van der Waals surface area contributed by atoms with Crippen LogP contribution < -0.4 is 9.73 Å². The lowest BCUT2D eigenvalue weighted by Crippen LogP contribution is -2.38. The number of benzene rings is 2. The number of carbonyl (C=O) groups is 2. The zero-order valence-corrected chi connectivity index (χ0v) is 20.8. The fourth-order valence-electron chi connectivity index (χ4n) is 2.90. The molecule has 0 spiro atoms. The van der Waals surface area contributed by atoms with Crippen molar-refractivity contribution >= 4 is 49.7 Å². The molecule has 9 nitrogen and oxygen atoms in total. The number of hydrogen-bond donors (Lipinski definition) is 1. The van der Waals surface area contributed by atoms with E-state index in [1.165, 1.54) is 6.21 Å². The Morgan fingerprint density at radius 2 is 1.76 bits per heavy atom. The number of rotatable bonds is 9. The highest BCUT2D eigenvalue weighted by Gasteiger charge is 2.20. The largest absolute Gasteiger partial charge is 0.462 e. The molecular weight excluding hydrogens is 526 g/mol. The van der Waals surface area contributed by atoms with E-state index in [1.807, 2.05) is 0 Å². The van der Waals surface area contributed by atoms with Crippen LogP contribution in [-0.4, -0.2) is 45.9 Å². The summed E-state index contributed by atoms with van der Waals surface area (Å²) in [6.07, 6.45) is 2.33. The third-order valence-electron chi connectivity index (χ3n) is 4.49. The van der Waals surface area contributed by atoms with E-state index in [-0.39, 0.29) is 0 Å². The van der Waals surface area contributed by atoms with Gasteiger partial charge in [0.1, 0.15) is 18.1 Å². The molecule has 3 aromatic rings. The number of hydrazone groups is 1. The summed E-state index contributed by atoms with van der Waals surface area (Å²) in [6, 6.07) is 16.7. The number of carbonyl (C=O) groups excluding carboxylic acids is 2. The summed E-state index contributed by atoms with van der Waals surface area (Å²) in [5.74, 6) is -0.100. The Balaban J connectivity index is 1.61. The van der Waals surface area contributed by atoms with Gasteiger partial charge in [0, 0.05) is 10.0 Å². The van der Waals surface area contributed by atoms with Crippen LogP contribution in [0.25, 0.3) is 11.3 Å². The second-order valence-corrected chi connectivity index (χ2v) is 9.86. The summed E-state index contributed by atoms with van der Waals surface area (Å²) in [6.45, 7) is 1.60. The van der Waals surface area contributed by atoms with E-state index in [0.717, 1.165) is 20.6 Å². The van der Waals surface area contributed by atoms with Crippen molar-refractivity contribution in [3.05, 3.63) is 76.5 Å². The molecule has 2 aromatic carbocycles. The zero-order valence-electron chi connectivity index (χ0n) is 18.4. The van der Waals surface area contributed by atoms with Gasteiger partial charge in [-0.25, -0.2) is 18.6 Å². The van der Waals surface area contributed by atoms with E-state index in [4.69, 9.17) is 9.15 Å². The van der Waals surface area contributed by atoms with Crippen LogP contribution in [0.2, 0.25) is 0 Å². The van der Waals surface area contributed by atoms with E-state index in [2.05, 4.69) is 26.5 Å². The van der Waals surface area contributed by atoms with Crippen molar-refractivity contribution in [3.8, 4) is 11.3 Å². The normalized spacial score (nSPS) is 11.4. The number of nitrogens with zero attached hydrogens (tertiary/aromatic N) is 2. The summed E-state index contributed by atoms with van der Waals surface area (Å²) in [4.78, 5) is 24.0. The maximum atomic E-state index is 12.3. The number of hydrogen-bond acceptors (Lipinski definition) is 7. The molecule has 0 aliphatic heterocycles. The van der Waals surface area contributed by atoms with Crippen LogP contribution in [0.4, 0.5) is 5.69 Å². The molecule has 0 saturated heterocycles. The van der Waals surface area contributed by atoms with E-state index in [9.17, 15) is 18.0 Å².